The minimum atomic E-state index is -0.252. The van der Waals surface area contributed by atoms with E-state index in [1.165, 1.54) is 22.7 Å². The number of hydrogen-bond acceptors (Lipinski definition) is 4. The first kappa shape index (κ1) is 19.8. The zero-order valence-electron chi connectivity index (χ0n) is 16.0. The Hall–Kier alpha value is -2.15. The molecular formula is C23H18ClFN2OS2. The fourth-order valence-corrected chi connectivity index (χ4v) is 6.29. The molecule has 3 nitrogen and oxygen atoms in total. The lowest BCUT2D eigenvalue weighted by Crippen LogP contribution is -2.22. The molecule has 0 fully saturated rings. The lowest BCUT2D eigenvalue weighted by molar-refractivity contribution is 0.617. The zero-order chi connectivity index (χ0) is 20.7. The van der Waals surface area contributed by atoms with Crippen molar-refractivity contribution in [2.24, 2.45) is 0 Å². The number of halogens is 2. The van der Waals surface area contributed by atoms with Gasteiger partial charge in [0, 0.05) is 15.7 Å². The quantitative estimate of drug-likeness (QED) is 0.263. The molecule has 0 saturated heterocycles. The van der Waals surface area contributed by atoms with Gasteiger partial charge in [-0.3, -0.25) is 9.36 Å². The predicted molar refractivity (Wildman–Crippen MR) is 123 cm³/mol. The van der Waals surface area contributed by atoms with E-state index in [1.54, 1.807) is 40.2 Å². The smallest absolute Gasteiger partial charge is 0.267 e. The number of hydrogen-bond donors (Lipinski definition) is 0. The Balaban J connectivity index is 1.67. The number of fused-ring (bicyclic) bond motifs is 3. The van der Waals surface area contributed by atoms with Gasteiger partial charge < -0.3 is 0 Å². The molecule has 0 saturated carbocycles. The molecule has 4 aromatic rings. The van der Waals surface area contributed by atoms with Crippen LogP contribution < -0.4 is 5.56 Å². The van der Waals surface area contributed by atoms with E-state index in [0.29, 0.717) is 27.2 Å². The van der Waals surface area contributed by atoms with Crippen LogP contribution in [-0.2, 0) is 18.6 Å². The maximum atomic E-state index is 14.1. The zero-order valence-corrected chi connectivity index (χ0v) is 18.4. The van der Waals surface area contributed by atoms with Crippen molar-refractivity contribution in [3.8, 4) is 5.69 Å². The number of rotatable bonds is 4. The fourth-order valence-electron chi connectivity index (χ4n) is 3.86. The Kier molecular flexibility index (Phi) is 5.39. The van der Waals surface area contributed by atoms with Crippen LogP contribution in [0.1, 0.15) is 28.8 Å². The topological polar surface area (TPSA) is 34.9 Å². The largest absolute Gasteiger partial charge is 0.268 e. The molecule has 2 heterocycles. The summed E-state index contributed by atoms with van der Waals surface area (Å²) < 4.78 is 15.8. The van der Waals surface area contributed by atoms with Gasteiger partial charge in [0.25, 0.3) is 5.56 Å². The van der Waals surface area contributed by atoms with E-state index in [2.05, 4.69) is 0 Å². The molecule has 2 aromatic heterocycles. The van der Waals surface area contributed by atoms with E-state index in [-0.39, 0.29) is 11.4 Å². The minimum Gasteiger partial charge on any atom is -0.268 e. The summed E-state index contributed by atoms with van der Waals surface area (Å²) in [6, 6.07) is 13.9. The highest BCUT2D eigenvalue weighted by Gasteiger charge is 2.23. The highest BCUT2D eigenvalue weighted by molar-refractivity contribution is 7.98. The summed E-state index contributed by atoms with van der Waals surface area (Å²) in [6.07, 6.45) is 4.19. The summed E-state index contributed by atoms with van der Waals surface area (Å²) in [6.45, 7) is 0. The van der Waals surface area contributed by atoms with Gasteiger partial charge >= 0.3 is 0 Å². The van der Waals surface area contributed by atoms with Gasteiger partial charge in [-0.05, 0) is 67.1 Å². The highest BCUT2D eigenvalue weighted by Crippen LogP contribution is 2.35. The van der Waals surface area contributed by atoms with Crippen molar-refractivity contribution in [2.75, 3.05) is 0 Å². The molecule has 0 spiro atoms. The van der Waals surface area contributed by atoms with Crippen LogP contribution in [0.5, 0.6) is 0 Å². The maximum Gasteiger partial charge on any atom is 0.267 e. The van der Waals surface area contributed by atoms with Gasteiger partial charge in [0.1, 0.15) is 10.6 Å². The number of aromatic nitrogens is 2. The Bertz CT molecular complexity index is 1300. The first-order valence-electron chi connectivity index (χ1n) is 9.81. The summed E-state index contributed by atoms with van der Waals surface area (Å²) in [4.78, 5) is 20.6. The third kappa shape index (κ3) is 3.57. The van der Waals surface area contributed by atoms with E-state index < -0.39 is 0 Å². The molecule has 0 aliphatic heterocycles. The first-order valence-corrected chi connectivity index (χ1v) is 12.0. The van der Waals surface area contributed by atoms with E-state index in [9.17, 15) is 9.18 Å². The average molecular weight is 457 g/mol. The third-order valence-electron chi connectivity index (χ3n) is 5.36. The number of thiophene rings is 1. The fraction of sp³-hybridized carbons (Fsp3) is 0.217. The van der Waals surface area contributed by atoms with Crippen LogP contribution in [0.3, 0.4) is 0 Å². The van der Waals surface area contributed by atoms with Crippen molar-refractivity contribution in [1.82, 2.24) is 9.55 Å². The van der Waals surface area contributed by atoms with Gasteiger partial charge in [-0.25, -0.2) is 9.37 Å². The molecule has 0 radical (unpaired) electrons. The first-order chi connectivity index (χ1) is 14.6. The molecule has 0 bridgehead atoms. The van der Waals surface area contributed by atoms with Crippen LogP contribution in [0.2, 0.25) is 5.02 Å². The third-order valence-corrected chi connectivity index (χ3v) is 7.78. The standard InChI is InChI=1S/C23H18ClFN2OS2/c24-15-9-11-16(12-10-15)27-22(28)20-17-6-2-4-8-19(17)30-21(20)26-23(27)29-13-14-5-1-3-7-18(14)25/h1,3,5,7,9-12H,2,4,6,8,13H2. The van der Waals surface area contributed by atoms with E-state index in [4.69, 9.17) is 16.6 Å². The van der Waals surface area contributed by atoms with Crippen molar-refractivity contribution in [1.29, 1.82) is 0 Å². The molecule has 1 aliphatic carbocycles. The molecule has 0 N–H and O–H groups in total. The molecule has 1 aliphatic rings. The monoisotopic (exact) mass is 456 g/mol. The lowest BCUT2D eigenvalue weighted by Gasteiger charge is -2.14. The van der Waals surface area contributed by atoms with Gasteiger partial charge in [0.2, 0.25) is 0 Å². The summed E-state index contributed by atoms with van der Waals surface area (Å²) in [5.74, 6) is 0.140. The molecule has 5 rings (SSSR count). The second-order valence-corrected chi connectivity index (χ2v) is 9.75. The molecule has 0 atom stereocenters. The normalized spacial score (nSPS) is 13.5. The Labute approximate surface area is 186 Å². The van der Waals surface area contributed by atoms with E-state index >= 15 is 0 Å². The van der Waals surface area contributed by atoms with Crippen LogP contribution >= 0.6 is 34.7 Å². The molecule has 7 heteroatoms. The van der Waals surface area contributed by atoms with Gasteiger partial charge in [-0.2, -0.15) is 0 Å². The Morgan fingerprint density at radius 2 is 1.87 bits per heavy atom. The second kappa shape index (κ2) is 8.17. The van der Waals surface area contributed by atoms with Crippen molar-refractivity contribution in [3.05, 3.63) is 85.7 Å². The predicted octanol–water partition coefficient (Wildman–Crippen LogP) is 6.41. The minimum absolute atomic E-state index is 0.0576. The van der Waals surface area contributed by atoms with Crippen LogP contribution in [0, 0.1) is 5.82 Å². The highest BCUT2D eigenvalue weighted by atomic mass is 35.5. The van der Waals surface area contributed by atoms with Crippen LogP contribution in [0.15, 0.2) is 58.5 Å². The van der Waals surface area contributed by atoms with E-state index in [1.807, 2.05) is 18.2 Å². The summed E-state index contributed by atoms with van der Waals surface area (Å²) in [7, 11) is 0. The molecular weight excluding hydrogens is 439 g/mol. The van der Waals surface area contributed by atoms with Crippen molar-refractivity contribution >= 4 is 44.9 Å². The Morgan fingerprint density at radius 1 is 1.10 bits per heavy atom. The van der Waals surface area contributed by atoms with Crippen molar-refractivity contribution in [3.63, 3.8) is 0 Å². The van der Waals surface area contributed by atoms with Gasteiger partial charge in [-0.15, -0.1) is 11.3 Å². The van der Waals surface area contributed by atoms with Gasteiger partial charge in [-0.1, -0.05) is 41.6 Å². The van der Waals surface area contributed by atoms with Crippen LogP contribution in [0.25, 0.3) is 15.9 Å². The summed E-state index contributed by atoms with van der Waals surface area (Å²) in [5.41, 5.74) is 2.40. The molecule has 152 valence electrons. The van der Waals surface area contributed by atoms with Gasteiger partial charge in [0.15, 0.2) is 5.16 Å². The Morgan fingerprint density at radius 3 is 2.67 bits per heavy atom. The lowest BCUT2D eigenvalue weighted by atomic mass is 9.97. The summed E-state index contributed by atoms with van der Waals surface area (Å²) in [5, 5.41) is 1.91. The molecule has 0 amide bonds. The molecule has 0 unspecified atom stereocenters. The van der Waals surface area contributed by atoms with Crippen LogP contribution in [-0.4, -0.2) is 9.55 Å². The van der Waals surface area contributed by atoms with Crippen molar-refractivity contribution < 1.29 is 4.39 Å². The molecule has 30 heavy (non-hydrogen) atoms. The van der Waals surface area contributed by atoms with Crippen molar-refractivity contribution in [2.45, 2.75) is 36.6 Å². The van der Waals surface area contributed by atoms with E-state index in [0.717, 1.165) is 41.5 Å². The van der Waals surface area contributed by atoms with Gasteiger partial charge in [0.05, 0.1) is 11.1 Å². The number of nitrogens with zero attached hydrogens (tertiary/aromatic N) is 2. The maximum absolute atomic E-state index is 14.1. The second-order valence-electron chi connectivity index (χ2n) is 7.28. The number of thioether (sulfide) groups is 1. The van der Waals surface area contributed by atoms with Crippen LogP contribution in [0.4, 0.5) is 4.39 Å². The number of benzene rings is 2. The molecule has 2 aromatic carbocycles. The average Bonchev–Trinajstić information content (AvgIpc) is 3.13. The SMILES string of the molecule is O=c1c2c3c(sc2nc(SCc2ccccc2F)n1-c1ccc(Cl)cc1)CCCC3. The number of aryl methyl sites for hydroxylation is 2. The summed E-state index contributed by atoms with van der Waals surface area (Å²) >= 11 is 9.06.